The molecule has 0 radical (unpaired) electrons. The van der Waals surface area contributed by atoms with E-state index in [1.807, 2.05) is 30.3 Å². The number of rotatable bonds is 5. The second-order valence-corrected chi connectivity index (χ2v) is 6.08. The van der Waals surface area contributed by atoms with Gasteiger partial charge in [0.2, 0.25) is 0 Å². The summed E-state index contributed by atoms with van der Waals surface area (Å²) in [6, 6.07) is 9.03. The van der Waals surface area contributed by atoms with Crippen LogP contribution >= 0.6 is 0 Å². The van der Waals surface area contributed by atoms with E-state index < -0.39 is 12.0 Å². The first-order chi connectivity index (χ1) is 9.65. The van der Waals surface area contributed by atoms with E-state index in [9.17, 15) is 9.90 Å². The molecule has 1 aromatic carbocycles. The predicted molar refractivity (Wildman–Crippen MR) is 78.3 cm³/mol. The van der Waals surface area contributed by atoms with E-state index in [-0.39, 0.29) is 6.04 Å². The maximum Gasteiger partial charge on any atom is 0.325 e. The molecule has 5 unspecified atom stereocenters. The van der Waals surface area contributed by atoms with Crippen molar-refractivity contribution in [3.63, 3.8) is 0 Å². The minimum Gasteiger partial charge on any atom is -0.480 e. The van der Waals surface area contributed by atoms with Crippen molar-refractivity contribution < 1.29 is 9.90 Å². The van der Waals surface area contributed by atoms with Crippen molar-refractivity contribution in [2.45, 2.75) is 31.8 Å². The highest BCUT2D eigenvalue weighted by Crippen LogP contribution is 2.45. The molecule has 0 aromatic heterocycles. The first-order valence-corrected chi connectivity index (χ1v) is 7.37. The Hall–Kier alpha value is -1.61. The van der Waals surface area contributed by atoms with Gasteiger partial charge in [-0.1, -0.05) is 42.5 Å². The third-order valence-electron chi connectivity index (χ3n) is 4.78. The molecule has 2 aliphatic carbocycles. The number of aliphatic carboxylic acids is 1. The molecular weight excluding hydrogens is 250 g/mol. The largest absolute Gasteiger partial charge is 0.480 e. The molecule has 20 heavy (non-hydrogen) atoms. The molecule has 0 aliphatic heterocycles. The van der Waals surface area contributed by atoms with E-state index in [1.54, 1.807) is 0 Å². The van der Waals surface area contributed by atoms with E-state index in [0.717, 1.165) is 5.56 Å². The normalized spacial score (nSPS) is 30.4. The molecule has 0 heterocycles. The number of carbonyl (C=O) groups is 1. The summed E-state index contributed by atoms with van der Waals surface area (Å²) in [5, 5.41) is 12.8. The Labute approximate surface area is 119 Å². The van der Waals surface area contributed by atoms with Gasteiger partial charge in [-0.15, -0.1) is 0 Å². The number of fused-ring (bicyclic) bond motifs is 2. The van der Waals surface area contributed by atoms with E-state index in [1.165, 1.54) is 12.8 Å². The summed E-state index contributed by atoms with van der Waals surface area (Å²) in [6.07, 6.45) is 7.07. The molecular formula is C17H21NO2. The number of benzene rings is 1. The van der Waals surface area contributed by atoms with Crippen molar-refractivity contribution in [2.24, 2.45) is 17.8 Å². The zero-order valence-electron chi connectivity index (χ0n) is 11.7. The van der Waals surface area contributed by atoms with Crippen LogP contribution in [0.2, 0.25) is 0 Å². The van der Waals surface area contributed by atoms with Crippen LogP contribution in [0.1, 0.15) is 31.4 Å². The molecule has 2 N–H and O–H groups in total. The van der Waals surface area contributed by atoms with Crippen LogP contribution < -0.4 is 5.32 Å². The molecule has 106 valence electrons. The second kappa shape index (κ2) is 5.41. The van der Waals surface area contributed by atoms with Crippen molar-refractivity contribution in [2.75, 3.05) is 0 Å². The lowest BCUT2D eigenvalue weighted by Crippen LogP contribution is -2.41. The van der Waals surface area contributed by atoms with Crippen molar-refractivity contribution in [1.82, 2.24) is 5.32 Å². The van der Waals surface area contributed by atoms with Gasteiger partial charge in [0.15, 0.2) is 0 Å². The van der Waals surface area contributed by atoms with Crippen molar-refractivity contribution in [3.8, 4) is 0 Å². The molecule has 3 heteroatoms. The van der Waals surface area contributed by atoms with Crippen molar-refractivity contribution >= 4 is 5.97 Å². The molecule has 0 saturated heterocycles. The third kappa shape index (κ3) is 2.50. The van der Waals surface area contributed by atoms with Crippen LogP contribution in [0.15, 0.2) is 42.5 Å². The van der Waals surface area contributed by atoms with Gasteiger partial charge < -0.3 is 5.11 Å². The van der Waals surface area contributed by atoms with E-state index in [4.69, 9.17) is 0 Å². The van der Waals surface area contributed by atoms with Crippen LogP contribution in [0.4, 0.5) is 0 Å². The first kappa shape index (κ1) is 13.4. The Kier molecular flexibility index (Phi) is 3.62. The Morgan fingerprint density at radius 1 is 1.25 bits per heavy atom. The first-order valence-electron chi connectivity index (χ1n) is 7.37. The van der Waals surface area contributed by atoms with Crippen LogP contribution in [-0.4, -0.2) is 17.1 Å². The second-order valence-electron chi connectivity index (χ2n) is 6.08. The van der Waals surface area contributed by atoms with Gasteiger partial charge in [-0.2, -0.15) is 0 Å². The molecule has 3 rings (SSSR count). The number of nitrogens with one attached hydrogen (secondary N) is 1. The minimum atomic E-state index is -0.804. The fourth-order valence-electron chi connectivity index (χ4n) is 3.74. The SMILES string of the molecule is CC(NC(C(=O)O)c1ccccc1)C1CC2C=CC1C2. The highest BCUT2D eigenvalue weighted by atomic mass is 16.4. The number of carboxylic acid groups (broad SMARTS) is 1. The maximum atomic E-state index is 11.5. The fraction of sp³-hybridized carbons (Fsp3) is 0.471. The number of allylic oxidation sites excluding steroid dienone is 2. The van der Waals surface area contributed by atoms with Crippen LogP contribution in [0.3, 0.4) is 0 Å². The maximum absolute atomic E-state index is 11.5. The van der Waals surface area contributed by atoms with Crippen LogP contribution in [0.5, 0.6) is 0 Å². The summed E-state index contributed by atoms with van der Waals surface area (Å²) in [5.41, 5.74) is 0.825. The number of hydrogen-bond acceptors (Lipinski definition) is 2. The standard InChI is InChI=1S/C17H21NO2/c1-11(15-10-12-7-8-14(15)9-12)18-16(17(19)20)13-5-3-2-4-6-13/h2-8,11-12,14-16,18H,9-10H2,1H3,(H,19,20). The Balaban J connectivity index is 1.71. The summed E-state index contributed by atoms with van der Waals surface area (Å²) < 4.78 is 0. The zero-order chi connectivity index (χ0) is 14.1. The molecule has 1 saturated carbocycles. The van der Waals surface area contributed by atoms with Crippen LogP contribution in [0, 0.1) is 17.8 Å². The number of hydrogen-bond donors (Lipinski definition) is 2. The third-order valence-corrected chi connectivity index (χ3v) is 4.78. The van der Waals surface area contributed by atoms with Gasteiger partial charge in [-0.25, -0.2) is 0 Å². The Morgan fingerprint density at radius 2 is 2.00 bits per heavy atom. The minimum absolute atomic E-state index is 0.219. The summed E-state index contributed by atoms with van der Waals surface area (Å²) in [7, 11) is 0. The van der Waals surface area contributed by atoms with Crippen molar-refractivity contribution in [3.05, 3.63) is 48.0 Å². The molecule has 5 atom stereocenters. The van der Waals surface area contributed by atoms with E-state index in [0.29, 0.717) is 17.8 Å². The smallest absolute Gasteiger partial charge is 0.325 e. The molecule has 0 amide bonds. The Bertz CT molecular complexity index is 511. The van der Waals surface area contributed by atoms with Gasteiger partial charge in [0.05, 0.1) is 0 Å². The predicted octanol–water partition coefficient (Wildman–Crippen LogP) is 3.00. The fourth-order valence-corrected chi connectivity index (χ4v) is 3.74. The lowest BCUT2D eigenvalue weighted by molar-refractivity contribution is -0.140. The summed E-state index contributed by atoms with van der Waals surface area (Å²) in [6.45, 7) is 2.12. The highest BCUT2D eigenvalue weighted by molar-refractivity contribution is 5.75. The molecule has 3 nitrogen and oxygen atoms in total. The highest BCUT2D eigenvalue weighted by Gasteiger charge is 2.39. The van der Waals surface area contributed by atoms with Crippen LogP contribution in [0.25, 0.3) is 0 Å². The monoisotopic (exact) mass is 271 g/mol. The van der Waals surface area contributed by atoms with Gasteiger partial charge in [0.1, 0.15) is 6.04 Å². The lowest BCUT2D eigenvalue weighted by atomic mass is 9.87. The average Bonchev–Trinajstić information content (AvgIpc) is 3.07. The summed E-state index contributed by atoms with van der Waals surface area (Å²) in [4.78, 5) is 11.5. The van der Waals surface area contributed by atoms with E-state index in [2.05, 4.69) is 24.4 Å². The molecule has 2 bridgehead atoms. The zero-order valence-corrected chi connectivity index (χ0v) is 11.7. The molecule has 2 aliphatic rings. The topological polar surface area (TPSA) is 49.3 Å². The quantitative estimate of drug-likeness (QED) is 0.809. The van der Waals surface area contributed by atoms with Gasteiger partial charge in [0.25, 0.3) is 0 Å². The molecule has 1 aromatic rings. The lowest BCUT2D eigenvalue weighted by Gasteiger charge is -2.29. The Morgan fingerprint density at radius 3 is 2.55 bits per heavy atom. The number of carboxylic acids is 1. The molecule has 0 spiro atoms. The van der Waals surface area contributed by atoms with Gasteiger partial charge >= 0.3 is 5.97 Å². The van der Waals surface area contributed by atoms with Gasteiger partial charge in [-0.3, -0.25) is 10.1 Å². The van der Waals surface area contributed by atoms with Crippen molar-refractivity contribution in [1.29, 1.82) is 0 Å². The summed E-state index contributed by atoms with van der Waals surface area (Å²) in [5.74, 6) is 1.11. The molecule has 1 fully saturated rings. The average molecular weight is 271 g/mol. The summed E-state index contributed by atoms with van der Waals surface area (Å²) >= 11 is 0. The van der Waals surface area contributed by atoms with Crippen LogP contribution in [-0.2, 0) is 4.79 Å². The van der Waals surface area contributed by atoms with E-state index >= 15 is 0 Å². The van der Waals surface area contributed by atoms with Gasteiger partial charge in [0, 0.05) is 6.04 Å². The van der Waals surface area contributed by atoms with Gasteiger partial charge in [-0.05, 0) is 43.1 Å².